The number of benzene rings is 6. The highest BCUT2D eigenvalue weighted by molar-refractivity contribution is 5.74. The van der Waals surface area contributed by atoms with Crippen molar-refractivity contribution < 1.29 is 49.6 Å². The summed E-state index contributed by atoms with van der Waals surface area (Å²) in [5, 5.41) is 61.9. The Morgan fingerprint density at radius 3 is 0.961 bits per heavy atom. The SMILES string of the molecule is CCCCC(CC)COc1ccc(-c2nc(-c3ccc(OC)cc3)nc(-c3ccc(OCC(CC)CCCC)cc3O)n2)c(O)c1.COc1ccc(-c2nc(-c3ccc(O)cc3O)nc(-c3ccc(O)cc3O)n2)cc1. The van der Waals surface area contributed by atoms with Crippen LogP contribution in [-0.2, 0) is 0 Å². The lowest BCUT2D eigenvalue weighted by atomic mass is 10.0. The predicted molar refractivity (Wildman–Crippen MR) is 293 cm³/mol. The van der Waals surface area contributed by atoms with Gasteiger partial charge in [-0.25, -0.2) is 29.9 Å². The number of rotatable bonds is 22. The Morgan fingerprint density at radius 2 is 0.671 bits per heavy atom. The van der Waals surface area contributed by atoms with Crippen molar-refractivity contribution in [3.05, 3.63) is 121 Å². The second-order valence-corrected chi connectivity index (χ2v) is 18.3. The molecule has 0 aliphatic heterocycles. The molecule has 0 saturated heterocycles. The molecule has 6 N–H and O–H groups in total. The van der Waals surface area contributed by atoms with Crippen LogP contribution in [0.1, 0.15) is 79.1 Å². The molecule has 0 aliphatic carbocycles. The van der Waals surface area contributed by atoms with Gasteiger partial charge in [0.15, 0.2) is 34.9 Å². The van der Waals surface area contributed by atoms with Gasteiger partial charge >= 0.3 is 0 Å². The van der Waals surface area contributed by atoms with Crippen LogP contribution in [0.25, 0.3) is 68.3 Å². The largest absolute Gasteiger partial charge is 0.508 e. The summed E-state index contributed by atoms with van der Waals surface area (Å²) >= 11 is 0. The Labute approximate surface area is 443 Å². The van der Waals surface area contributed by atoms with E-state index in [2.05, 4.69) is 42.6 Å². The molecule has 0 aliphatic rings. The third kappa shape index (κ3) is 14.3. The molecule has 16 heteroatoms. The highest BCUT2D eigenvalue weighted by Gasteiger charge is 2.20. The van der Waals surface area contributed by atoms with Crippen LogP contribution in [0.15, 0.2) is 121 Å². The average molecular weight is 1030 g/mol. The second-order valence-electron chi connectivity index (χ2n) is 18.3. The normalized spacial score (nSPS) is 11.8. The molecule has 2 atom stereocenters. The van der Waals surface area contributed by atoms with E-state index in [-0.39, 0.29) is 68.9 Å². The molecule has 396 valence electrons. The highest BCUT2D eigenvalue weighted by atomic mass is 16.5. The molecule has 0 amide bonds. The summed E-state index contributed by atoms with van der Waals surface area (Å²) in [7, 11) is 3.18. The molecule has 8 rings (SSSR count). The zero-order valence-corrected chi connectivity index (χ0v) is 43.8. The van der Waals surface area contributed by atoms with Crippen LogP contribution < -0.4 is 18.9 Å². The van der Waals surface area contributed by atoms with Crippen LogP contribution in [0.3, 0.4) is 0 Å². The fourth-order valence-electron chi connectivity index (χ4n) is 8.20. The van der Waals surface area contributed by atoms with Crippen molar-refractivity contribution >= 4 is 0 Å². The molecule has 0 fully saturated rings. The number of hydrogen-bond acceptors (Lipinski definition) is 16. The average Bonchev–Trinajstić information content (AvgIpc) is 3.44. The van der Waals surface area contributed by atoms with E-state index in [0.717, 1.165) is 44.1 Å². The summed E-state index contributed by atoms with van der Waals surface area (Å²) < 4.78 is 22.6. The number of aromatic nitrogens is 6. The minimum Gasteiger partial charge on any atom is -0.508 e. The summed E-state index contributed by atoms with van der Waals surface area (Å²) in [6, 6.07) is 33.0. The Kier molecular flexibility index (Phi) is 19.2. The number of phenols is 6. The molecular weight excluding hydrogens is 965 g/mol. The maximum absolute atomic E-state index is 11.1. The zero-order valence-electron chi connectivity index (χ0n) is 43.8. The summed E-state index contributed by atoms with van der Waals surface area (Å²) in [5.74, 6) is 4.43. The number of methoxy groups -OCH3 is 2. The first-order valence-electron chi connectivity index (χ1n) is 25.6. The number of unbranched alkanes of at least 4 members (excludes halogenated alkanes) is 2. The first-order chi connectivity index (χ1) is 36.8. The van der Waals surface area contributed by atoms with Crippen LogP contribution in [0.4, 0.5) is 0 Å². The summed E-state index contributed by atoms with van der Waals surface area (Å²) in [4.78, 5) is 27.5. The quantitative estimate of drug-likeness (QED) is 0.0370. The van der Waals surface area contributed by atoms with Gasteiger partial charge in [-0.1, -0.05) is 66.2 Å². The molecule has 2 aromatic heterocycles. The van der Waals surface area contributed by atoms with E-state index in [1.165, 1.54) is 49.2 Å². The molecule has 0 spiro atoms. The standard InChI is InChI=1S/C38H49N3O5.C22H17N3O5/c1-6-10-12-26(8-3)24-45-30-18-20-32(34(42)22-30)37-39-36(28-14-16-29(44-5)17-15-28)40-38(41-37)33-21-19-31(23-35(33)43)46-25-27(9-4)13-11-7-2;1-30-15-6-2-12(3-7-15)20-23-21(16-8-4-13(26)10-18(16)28)25-22(24-20)17-9-5-14(27)11-19(17)29/h14-23,26-27,42-43H,6-13,24-25H2,1-5H3;2-11,26-29H,1H3. The molecule has 0 radical (unpaired) electrons. The minimum atomic E-state index is -0.206. The smallest absolute Gasteiger partial charge is 0.167 e. The molecule has 2 unspecified atom stereocenters. The number of phenolic OH excluding ortho intramolecular Hbond substituents is 6. The molecule has 8 aromatic rings. The minimum absolute atomic E-state index is 0.00143. The highest BCUT2D eigenvalue weighted by Crippen LogP contribution is 2.38. The van der Waals surface area contributed by atoms with Crippen LogP contribution in [0, 0.1) is 11.8 Å². The Morgan fingerprint density at radius 1 is 0.368 bits per heavy atom. The van der Waals surface area contributed by atoms with Gasteiger partial charge in [-0.2, -0.15) is 0 Å². The van der Waals surface area contributed by atoms with Crippen molar-refractivity contribution in [3.63, 3.8) is 0 Å². The third-order valence-electron chi connectivity index (χ3n) is 12.9. The maximum atomic E-state index is 11.1. The monoisotopic (exact) mass is 1030 g/mol. The van der Waals surface area contributed by atoms with E-state index in [1.54, 1.807) is 62.8 Å². The lowest BCUT2D eigenvalue weighted by Crippen LogP contribution is -2.11. The van der Waals surface area contributed by atoms with Crippen LogP contribution in [0.5, 0.6) is 57.5 Å². The number of nitrogens with zero attached hydrogens (tertiary/aromatic N) is 6. The molecule has 76 heavy (non-hydrogen) atoms. The summed E-state index contributed by atoms with van der Waals surface area (Å²) in [6.07, 6.45) is 9.00. The zero-order chi connectivity index (χ0) is 54.1. The van der Waals surface area contributed by atoms with Gasteiger partial charge in [-0.05, 0) is 122 Å². The number of ether oxygens (including phenoxy) is 4. The molecule has 2 heterocycles. The Bertz CT molecular complexity index is 3020. The van der Waals surface area contributed by atoms with E-state index in [9.17, 15) is 30.6 Å². The van der Waals surface area contributed by atoms with Crippen molar-refractivity contribution in [3.8, 4) is 126 Å². The van der Waals surface area contributed by atoms with Gasteiger partial charge < -0.3 is 49.6 Å². The fourth-order valence-corrected chi connectivity index (χ4v) is 8.20. The van der Waals surface area contributed by atoms with E-state index < -0.39 is 0 Å². The lowest BCUT2D eigenvalue weighted by Gasteiger charge is -2.16. The fraction of sp³-hybridized carbons (Fsp3) is 0.300. The lowest BCUT2D eigenvalue weighted by molar-refractivity contribution is 0.232. The first-order valence-corrected chi connectivity index (χ1v) is 25.6. The van der Waals surface area contributed by atoms with Gasteiger partial charge in [-0.15, -0.1) is 0 Å². The van der Waals surface area contributed by atoms with Crippen molar-refractivity contribution in [2.75, 3.05) is 27.4 Å². The van der Waals surface area contributed by atoms with Gasteiger partial charge in [0.1, 0.15) is 57.5 Å². The Hall–Kier alpha value is -8.66. The van der Waals surface area contributed by atoms with E-state index in [0.29, 0.717) is 76.4 Å². The topological polar surface area (TPSA) is 236 Å². The van der Waals surface area contributed by atoms with Crippen molar-refractivity contribution in [2.45, 2.75) is 79.1 Å². The number of aromatic hydroxyl groups is 6. The van der Waals surface area contributed by atoms with Crippen molar-refractivity contribution in [1.29, 1.82) is 0 Å². The maximum Gasteiger partial charge on any atom is 0.167 e. The first kappa shape index (κ1) is 55.1. The van der Waals surface area contributed by atoms with Gasteiger partial charge in [0.25, 0.3) is 0 Å². The summed E-state index contributed by atoms with van der Waals surface area (Å²) in [6.45, 7) is 9.95. The van der Waals surface area contributed by atoms with E-state index in [1.807, 2.05) is 36.4 Å². The van der Waals surface area contributed by atoms with E-state index in [4.69, 9.17) is 33.9 Å². The summed E-state index contributed by atoms with van der Waals surface area (Å²) in [5.41, 5.74) is 2.83. The van der Waals surface area contributed by atoms with Crippen molar-refractivity contribution in [1.82, 2.24) is 29.9 Å². The molecular formula is C60H66N6O10. The number of hydrogen-bond donors (Lipinski definition) is 6. The van der Waals surface area contributed by atoms with Gasteiger partial charge in [0.05, 0.1) is 49.7 Å². The molecule has 0 saturated carbocycles. The third-order valence-corrected chi connectivity index (χ3v) is 12.9. The van der Waals surface area contributed by atoms with Gasteiger partial charge in [0, 0.05) is 35.4 Å². The van der Waals surface area contributed by atoms with Gasteiger partial charge in [0.2, 0.25) is 0 Å². The predicted octanol–water partition coefficient (Wildman–Crippen LogP) is 13.2. The van der Waals surface area contributed by atoms with Crippen LogP contribution in [0.2, 0.25) is 0 Å². The van der Waals surface area contributed by atoms with Crippen molar-refractivity contribution in [2.24, 2.45) is 11.8 Å². The molecule has 16 nitrogen and oxygen atoms in total. The molecule has 0 bridgehead atoms. The van der Waals surface area contributed by atoms with Crippen LogP contribution in [-0.4, -0.2) is 88.0 Å². The van der Waals surface area contributed by atoms with Gasteiger partial charge in [-0.3, -0.25) is 0 Å². The second kappa shape index (κ2) is 26.5. The van der Waals surface area contributed by atoms with E-state index >= 15 is 0 Å². The Balaban J connectivity index is 0.000000241. The van der Waals surface area contributed by atoms with Crippen LogP contribution >= 0.6 is 0 Å². The molecule has 6 aromatic carbocycles.